The van der Waals surface area contributed by atoms with Gasteiger partial charge in [-0.05, 0) is 36.4 Å². The predicted octanol–water partition coefficient (Wildman–Crippen LogP) is 2.75. The maximum Gasteiger partial charge on any atom is 0.262 e. The molecule has 0 N–H and O–H groups in total. The van der Waals surface area contributed by atoms with Crippen LogP contribution in [0.1, 0.15) is 26.5 Å². The molecule has 0 radical (unpaired) electrons. The fraction of sp³-hybridized carbons (Fsp3) is 0.200. The number of methoxy groups -OCH3 is 1. The Hall–Kier alpha value is -3.33. The molecule has 0 aliphatic carbocycles. The van der Waals surface area contributed by atoms with Crippen LogP contribution in [0.15, 0.2) is 53.7 Å². The minimum Gasteiger partial charge on any atom is -0.497 e. The molecule has 0 spiro atoms. The molecule has 2 heterocycles. The molecular weight excluding hydrogens is 392 g/mol. The van der Waals surface area contributed by atoms with Gasteiger partial charge in [-0.25, -0.2) is 0 Å². The summed E-state index contributed by atoms with van der Waals surface area (Å²) in [6.45, 7) is 0.239. The lowest BCUT2D eigenvalue weighted by Gasteiger charge is -2.12. The normalized spacial score (nSPS) is 13.0. The maximum atomic E-state index is 12.4. The van der Waals surface area contributed by atoms with E-state index in [9.17, 15) is 9.59 Å². The van der Waals surface area contributed by atoms with Crippen molar-refractivity contribution < 1.29 is 19.1 Å². The quantitative estimate of drug-likeness (QED) is 0.437. The number of imide groups is 1. The second-order valence-corrected chi connectivity index (χ2v) is 7.19. The van der Waals surface area contributed by atoms with E-state index in [0.29, 0.717) is 27.9 Å². The second kappa shape index (κ2) is 7.96. The molecule has 2 aromatic carbocycles. The SMILES string of the molecule is COc1ccc(OCc2nnc(SCN3C(=O)c4ccccc4C3=O)n2C)cc1. The number of fused-ring (bicyclic) bond motifs is 1. The average Bonchev–Trinajstić information content (AvgIpc) is 3.22. The van der Waals surface area contributed by atoms with Gasteiger partial charge in [0.05, 0.1) is 24.1 Å². The summed E-state index contributed by atoms with van der Waals surface area (Å²) in [7, 11) is 3.42. The van der Waals surface area contributed by atoms with E-state index < -0.39 is 0 Å². The van der Waals surface area contributed by atoms with E-state index in [4.69, 9.17) is 9.47 Å². The summed E-state index contributed by atoms with van der Waals surface area (Å²) in [6, 6.07) is 14.1. The third-order valence-corrected chi connectivity index (χ3v) is 5.55. The summed E-state index contributed by atoms with van der Waals surface area (Å²) in [5.74, 6) is 1.66. The van der Waals surface area contributed by atoms with E-state index in [-0.39, 0.29) is 24.3 Å². The van der Waals surface area contributed by atoms with Gasteiger partial charge in [-0.1, -0.05) is 23.9 Å². The van der Waals surface area contributed by atoms with Crippen molar-refractivity contribution in [2.24, 2.45) is 7.05 Å². The molecule has 29 heavy (non-hydrogen) atoms. The monoisotopic (exact) mass is 410 g/mol. The Balaban J connectivity index is 1.38. The van der Waals surface area contributed by atoms with Crippen LogP contribution in [0.25, 0.3) is 0 Å². The number of ether oxygens (including phenoxy) is 2. The first-order valence-corrected chi connectivity index (χ1v) is 9.80. The van der Waals surface area contributed by atoms with Gasteiger partial charge in [0.15, 0.2) is 11.0 Å². The summed E-state index contributed by atoms with van der Waals surface area (Å²) in [5.41, 5.74) is 0.870. The largest absolute Gasteiger partial charge is 0.497 e. The molecule has 148 valence electrons. The highest BCUT2D eigenvalue weighted by atomic mass is 32.2. The first-order chi connectivity index (χ1) is 14.1. The Morgan fingerprint density at radius 1 is 0.931 bits per heavy atom. The van der Waals surface area contributed by atoms with Gasteiger partial charge < -0.3 is 14.0 Å². The van der Waals surface area contributed by atoms with Crippen LogP contribution in [0.2, 0.25) is 0 Å². The second-order valence-electron chi connectivity index (χ2n) is 6.28. The molecule has 0 unspecified atom stereocenters. The molecule has 0 saturated heterocycles. The van der Waals surface area contributed by atoms with Crippen molar-refractivity contribution in [3.63, 3.8) is 0 Å². The van der Waals surface area contributed by atoms with Crippen molar-refractivity contribution in [2.75, 3.05) is 13.0 Å². The summed E-state index contributed by atoms with van der Waals surface area (Å²) >= 11 is 1.27. The van der Waals surface area contributed by atoms with Crippen LogP contribution < -0.4 is 9.47 Å². The van der Waals surface area contributed by atoms with E-state index in [1.165, 1.54) is 16.7 Å². The lowest BCUT2D eigenvalue weighted by Crippen LogP contribution is -2.29. The number of amides is 2. The molecule has 4 rings (SSSR count). The smallest absolute Gasteiger partial charge is 0.262 e. The van der Waals surface area contributed by atoms with Crippen LogP contribution >= 0.6 is 11.8 Å². The van der Waals surface area contributed by atoms with E-state index in [1.807, 2.05) is 31.3 Å². The van der Waals surface area contributed by atoms with Crippen LogP contribution in [0.3, 0.4) is 0 Å². The molecule has 1 aromatic heterocycles. The molecule has 0 fully saturated rings. The molecule has 9 heteroatoms. The third-order valence-electron chi connectivity index (χ3n) is 4.55. The van der Waals surface area contributed by atoms with Gasteiger partial charge >= 0.3 is 0 Å². The fourth-order valence-corrected chi connectivity index (χ4v) is 3.77. The number of nitrogens with zero attached hydrogens (tertiary/aromatic N) is 4. The van der Waals surface area contributed by atoms with Gasteiger partial charge in [0, 0.05) is 7.05 Å². The number of carbonyl (C=O) groups is 2. The Labute approximate surface area is 171 Å². The van der Waals surface area contributed by atoms with Gasteiger partial charge in [-0.2, -0.15) is 0 Å². The van der Waals surface area contributed by atoms with Crippen molar-refractivity contribution in [1.82, 2.24) is 19.7 Å². The molecule has 1 aliphatic heterocycles. The zero-order chi connectivity index (χ0) is 20.4. The number of hydrogen-bond acceptors (Lipinski definition) is 7. The van der Waals surface area contributed by atoms with Gasteiger partial charge in [0.25, 0.3) is 11.8 Å². The first kappa shape index (κ1) is 19.0. The Morgan fingerprint density at radius 2 is 1.55 bits per heavy atom. The van der Waals surface area contributed by atoms with E-state index in [0.717, 1.165) is 5.75 Å². The lowest BCUT2D eigenvalue weighted by molar-refractivity contribution is 0.0684. The molecule has 0 atom stereocenters. The number of hydrogen-bond donors (Lipinski definition) is 0. The van der Waals surface area contributed by atoms with Crippen molar-refractivity contribution >= 4 is 23.6 Å². The summed E-state index contributed by atoms with van der Waals surface area (Å²) < 4.78 is 12.6. The zero-order valence-corrected chi connectivity index (χ0v) is 16.7. The number of benzene rings is 2. The molecule has 0 saturated carbocycles. The number of aromatic nitrogens is 3. The zero-order valence-electron chi connectivity index (χ0n) is 15.9. The average molecular weight is 410 g/mol. The molecule has 3 aromatic rings. The number of rotatable bonds is 7. The van der Waals surface area contributed by atoms with Crippen molar-refractivity contribution in [3.05, 3.63) is 65.5 Å². The minimum absolute atomic E-state index is 0.164. The topological polar surface area (TPSA) is 86.6 Å². The molecule has 2 amide bonds. The summed E-state index contributed by atoms with van der Waals surface area (Å²) in [4.78, 5) is 26.1. The van der Waals surface area contributed by atoms with E-state index in [1.54, 1.807) is 35.9 Å². The standard InChI is InChI=1S/C20H18N4O4S/c1-23-17(11-28-14-9-7-13(27-2)8-10-14)21-22-20(23)29-12-24-18(25)15-5-3-4-6-16(15)19(24)26/h3-10H,11-12H2,1-2H3. The van der Waals surface area contributed by atoms with Crippen LogP contribution in [-0.4, -0.2) is 44.5 Å². The highest BCUT2D eigenvalue weighted by molar-refractivity contribution is 7.99. The van der Waals surface area contributed by atoms with Crippen LogP contribution in [0.4, 0.5) is 0 Å². The molecule has 0 bridgehead atoms. The van der Waals surface area contributed by atoms with Gasteiger partial charge in [-0.3, -0.25) is 14.5 Å². The van der Waals surface area contributed by atoms with Gasteiger partial charge in [-0.15, -0.1) is 10.2 Å². The number of thioether (sulfide) groups is 1. The third kappa shape index (κ3) is 3.68. The van der Waals surface area contributed by atoms with Crippen molar-refractivity contribution in [1.29, 1.82) is 0 Å². The van der Waals surface area contributed by atoms with Crippen molar-refractivity contribution in [2.45, 2.75) is 11.8 Å². The fourth-order valence-electron chi connectivity index (χ4n) is 2.89. The Kier molecular flexibility index (Phi) is 5.22. The van der Waals surface area contributed by atoms with Gasteiger partial charge in [0.2, 0.25) is 0 Å². The molecular formula is C20H18N4O4S. The highest BCUT2D eigenvalue weighted by Crippen LogP contribution is 2.26. The Bertz CT molecular complexity index is 1030. The van der Waals surface area contributed by atoms with Crippen molar-refractivity contribution in [3.8, 4) is 11.5 Å². The van der Waals surface area contributed by atoms with E-state index >= 15 is 0 Å². The highest BCUT2D eigenvalue weighted by Gasteiger charge is 2.35. The predicted molar refractivity (Wildman–Crippen MR) is 106 cm³/mol. The summed E-state index contributed by atoms with van der Waals surface area (Å²) in [6.07, 6.45) is 0. The maximum absolute atomic E-state index is 12.4. The molecule has 1 aliphatic rings. The number of carbonyl (C=O) groups excluding carboxylic acids is 2. The van der Waals surface area contributed by atoms with Crippen LogP contribution in [0, 0.1) is 0 Å². The minimum atomic E-state index is -0.289. The lowest BCUT2D eigenvalue weighted by atomic mass is 10.1. The van der Waals surface area contributed by atoms with Gasteiger partial charge in [0.1, 0.15) is 18.1 Å². The van der Waals surface area contributed by atoms with E-state index in [2.05, 4.69) is 10.2 Å². The Morgan fingerprint density at radius 3 is 2.17 bits per heavy atom. The van der Waals surface area contributed by atoms with Crippen LogP contribution in [-0.2, 0) is 13.7 Å². The first-order valence-electron chi connectivity index (χ1n) is 8.81. The summed E-state index contributed by atoms with van der Waals surface area (Å²) in [5, 5.41) is 8.88. The van der Waals surface area contributed by atoms with Crippen LogP contribution in [0.5, 0.6) is 11.5 Å². The molecule has 8 nitrogen and oxygen atoms in total.